The van der Waals surface area contributed by atoms with Crippen LogP contribution in [0.5, 0.6) is 0 Å². The molecule has 2 fully saturated rings. The van der Waals surface area contributed by atoms with Crippen molar-refractivity contribution in [3.05, 3.63) is 29.8 Å². The van der Waals surface area contributed by atoms with Gasteiger partial charge in [0.1, 0.15) is 0 Å². The molecule has 0 saturated heterocycles. The molecule has 3 rings (SSSR count). The molecule has 2 heteroatoms. The number of nitrogens with two attached hydrogens (primary N) is 1. The topological polar surface area (TPSA) is 29.3 Å². The van der Waals surface area contributed by atoms with Crippen molar-refractivity contribution in [1.29, 1.82) is 0 Å². The third-order valence-corrected chi connectivity index (χ3v) is 5.37. The van der Waals surface area contributed by atoms with Gasteiger partial charge in [0.05, 0.1) is 0 Å². The summed E-state index contributed by atoms with van der Waals surface area (Å²) in [7, 11) is 0. The Kier molecular flexibility index (Phi) is 4.30. The molecule has 3 atom stereocenters. The van der Waals surface area contributed by atoms with Crippen LogP contribution in [0.3, 0.4) is 0 Å². The zero-order chi connectivity index (χ0) is 13.9. The first-order valence-electron chi connectivity index (χ1n) is 8.32. The number of benzene rings is 1. The fourth-order valence-electron chi connectivity index (χ4n) is 4.40. The Hall–Kier alpha value is -1.02. The molecule has 0 radical (unpaired) electrons. The highest BCUT2D eigenvalue weighted by molar-refractivity contribution is 5.46. The number of nitrogens with zero attached hydrogens (tertiary/aromatic N) is 1. The minimum Gasteiger partial charge on any atom is -0.398 e. The average molecular weight is 272 g/mol. The lowest BCUT2D eigenvalue weighted by Gasteiger charge is -2.30. The van der Waals surface area contributed by atoms with E-state index in [2.05, 4.69) is 24.0 Å². The van der Waals surface area contributed by atoms with Gasteiger partial charge in [0.15, 0.2) is 0 Å². The van der Waals surface area contributed by atoms with Gasteiger partial charge in [-0.2, -0.15) is 0 Å². The maximum absolute atomic E-state index is 6.11. The minimum absolute atomic E-state index is 0.946. The van der Waals surface area contributed by atoms with Gasteiger partial charge >= 0.3 is 0 Å². The summed E-state index contributed by atoms with van der Waals surface area (Å²) >= 11 is 0. The lowest BCUT2D eigenvalue weighted by atomic mass is 9.88. The maximum Gasteiger partial charge on any atom is 0.0359 e. The van der Waals surface area contributed by atoms with E-state index in [1.165, 1.54) is 50.8 Å². The van der Waals surface area contributed by atoms with Gasteiger partial charge in [-0.05, 0) is 61.6 Å². The van der Waals surface area contributed by atoms with Gasteiger partial charge in [0.25, 0.3) is 0 Å². The van der Waals surface area contributed by atoms with Crippen LogP contribution in [0.15, 0.2) is 24.3 Å². The predicted octanol–water partition coefficient (Wildman–Crippen LogP) is 3.92. The highest BCUT2D eigenvalue weighted by Gasteiger charge is 2.39. The third kappa shape index (κ3) is 3.01. The Balaban J connectivity index is 1.62. The van der Waals surface area contributed by atoms with E-state index in [-0.39, 0.29) is 0 Å². The van der Waals surface area contributed by atoms with E-state index < -0.39 is 0 Å². The lowest BCUT2D eigenvalue weighted by molar-refractivity contribution is 0.184. The molecule has 0 aliphatic heterocycles. The van der Waals surface area contributed by atoms with Gasteiger partial charge in [0.2, 0.25) is 0 Å². The van der Waals surface area contributed by atoms with Crippen molar-refractivity contribution < 1.29 is 0 Å². The second-order valence-electron chi connectivity index (χ2n) is 6.87. The minimum atomic E-state index is 0.946. The summed E-state index contributed by atoms with van der Waals surface area (Å²) in [5.74, 6) is 3.02. The van der Waals surface area contributed by atoms with Crippen LogP contribution in [0.1, 0.15) is 44.6 Å². The van der Waals surface area contributed by atoms with Gasteiger partial charge in [-0.1, -0.05) is 31.5 Å². The van der Waals surface area contributed by atoms with E-state index in [0.717, 1.165) is 30.0 Å². The van der Waals surface area contributed by atoms with Crippen LogP contribution in [0.25, 0.3) is 0 Å². The van der Waals surface area contributed by atoms with E-state index in [1.54, 1.807) is 0 Å². The lowest BCUT2D eigenvalue weighted by Crippen LogP contribution is -2.32. The van der Waals surface area contributed by atoms with E-state index in [1.807, 2.05) is 12.1 Å². The molecule has 2 nitrogen and oxygen atoms in total. The van der Waals surface area contributed by atoms with E-state index >= 15 is 0 Å². The molecule has 0 amide bonds. The highest BCUT2D eigenvalue weighted by atomic mass is 15.1. The molecule has 0 aromatic heterocycles. The van der Waals surface area contributed by atoms with Gasteiger partial charge in [0, 0.05) is 18.8 Å². The molecule has 2 aliphatic rings. The molecule has 0 heterocycles. The number of hydrogen-bond acceptors (Lipinski definition) is 2. The average Bonchev–Trinajstić information content (AvgIpc) is 3.04. The van der Waals surface area contributed by atoms with Crippen molar-refractivity contribution in [2.75, 3.05) is 18.8 Å². The van der Waals surface area contributed by atoms with Crippen LogP contribution in [0.2, 0.25) is 0 Å². The van der Waals surface area contributed by atoms with Crippen LogP contribution in [-0.2, 0) is 6.54 Å². The van der Waals surface area contributed by atoms with Crippen molar-refractivity contribution in [2.24, 2.45) is 17.8 Å². The van der Waals surface area contributed by atoms with Crippen molar-refractivity contribution >= 4 is 5.69 Å². The van der Waals surface area contributed by atoms with Crippen LogP contribution in [0, 0.1) is 17.8 Å². The van der Waals surface area contributed by atoms with Gasteiger partial charge < -0.3 is 5.73 Å². The quantitative estimate of drug-likeness (QED) is 0.795. The van der Waals surface area contributed by atoms with E-state index in [4.69, 9.17) is 5.73 Å². The first kappa shape index (κ1) is 13.9. The smallest absolute Gasteiger partial charge is 0.0359 e. The Bertz CT molecular complexity index is 443. The molecule has 3 unspecified atom stereocenters. The summed E-state index contributed by atoms with van der Waals surface area (Å²) in [6.45, 7) is 5.78. The molecular formula is C18H28N2. The van der Waals surface area contributed by atoms with Crippen molar-refractivity contribution in [3.63, 3.8) is 0 Å². The zero-order valence-electron chi connectivity index (χ0n) is 12.7. The molecule has 110 valence electrons. The summed E-state index contributed by atoms with van der Waals surface area (Å²) in [5, 5.41) is 0. The van der Waals surface area contributed by atoms with Crippen molar-refractivity contribution in [2.45, 2.75) is 45.6 Å². The Morgan fingerprint density at radius 2 is 2.05 bits per heavy atom. The monoisotopic (exact) mass is 272 g/mol. The molecule has 1 aromatic rings. The summed E-state index contributed by atoms with van der Waals surface area (Å²) in [6.07, 6.45) is 7.21. The molecule has 0 spiro atoms. The standard InChI is InChI=1S/C18H28N2/c1-2-9-20(12-16-5-3-4-6-18(16)19)13-17-11-14-7-8-15(17)10-14/h3-6,14-15,17H,2,7-13,19H2,1H3. The van der Waals surface area contributed by atoms with Crippen LogP contribution >= 0.6 is 0 Å². The summed E-state index contributed by atoms with van der Waals surface area (Å²) in [6, 6.07) is 8.34. The SMILES string of the molecule is CCCN(Cc1ccccc1N)CC1CC2CCC1C2. The number of hydrogen-bond donors (Lipinski definition) is 1. The Morgan fingerprint density at radius 3 is 2.70 bits per heavy atom. The molecule has 2 aliphatic carbocycles. The number of fused-ring (bicyclic) bond motifs is 2. The molecule has 20 heavy (non-hydrogen) atoms. The van der Waals surface area contributed by atoms with E-state index in [0.29, 0.717) is 0 Å². The third-order valence-electron chi connectivity index (χ3n) is 5.37. The largest absolute Gasteiger partial charge is 0.398 e. The van der Waals surface area contributed by atoms with Gasteiger partial charge in [-0.15, -0.1) is 0 Å². The Morgan fingerprint density at radius 1 is 1.20 bits per heavy atom. The molecule has 1 aromatic carbocycles. The van der Waals surface area contributed by atoms with Crippen LogP contribution < -0.4 is 5.73 Å². The second-order valence-corrected chi connectivity index (χ2v) is 6.87. The molecule has 2 N–H and O–H groups in total. The van der Waals surface area contributed by atoms with Gasteiger partial charge in [-0.25, -0.2) is 0 Å². The normalized spacial score (nSPS) is 28.4. The zero-order valence-corrected chi connectivity index (χ0v) is 12.7. The molecule has 2 saturated carbocycles. The molecular weight excluding hydrogens is 244 g/mol. The predicted molar refractivity (Wildman–Crippen MR) is 85.4 cm³/mol. The fraction of sp³-hybridized carbons (Fsp3) is 0.667. The van der Waals surface area contributed by atoms with Crippen molar-refractivity contribution in [1.82, 2.24) is 4.90 Å². The summed E-state index contributed by atoms with van der Waals surface area (Å²) in [5.41, 5.74) is 8.35. The Labute approximate surface area is 123 Å². The first-order valence-corrected chi connectivity index (χ1v) is 8.32. The number of nitrogen functional groups attached to an aromatic ring is 1. The fourth-order valence-corrected chi connectivity index (χ4v) is 4.40. The number of rotatable bonds is 6. The second kappa shape index (κ2) is 6.17. The van der Waals surface area contributed by atoms with Gasteiger partial charge in [-0.3, -0.25) is 4.90 Å². The van der Waals surface area contributed by atoms with Crippen LogP contribution in [-0.4, -0.2) is 18.0 Å². The van der Waals surface area contributed by atoms with Crippen molar-refractivity contribution in [3.8, 4) is 0 Å². The number of anilines is 1. The number of para-hydroxylation sites is 1. The van der Waals surface area contributed by atoms with E-state index in [9.17, 15) is 0 Å². The summed E-state index contributed by atoms with van der Waals surface area (Å²) < 4.78 is 0. The maximum atomic E-state index is 6.11. The highest BCUT2D eigenvalue weighted by Crippen LogP contribution is 2.48. The molecule has 2 bridgehead atoms. The van der Waals surface area contributed by atoms with Crippen LogP contribution in [0.4, 0.5) is 5.69 Å². The summed E-state index contributed by atoms with van der Waals surface area (Å²) in [4.78, 5) is 2.64. The first-order chi connectivity index (χ1) is 9.76.